The van der Waals surface area contributed by atoms with Crippen LogP contribution in [0.1, 0.15) is 43.2 Å². The van der Waals surface area contributed by atoms with E-state index in [1.807, 2.05) is 12.1 Å². The number of rotatable bonds is 6. The summed E-state index contributed by atoms with van der Waals surface area (Å²) < 4.78 is 39.4. The molecule has 0 amide bonds. The van der Waals surface area contributed by atoms with E-state index in [1.165, 1.54) is 12.1 Å². The van der Waals surface area contributed by atoms with Crippen molar-refractivity contribution in [3.8, 4) is 0 Å². The van der Waals surface area contributed by atoms with Crippen molar-refractivity contribution in [1.29, 1.82) is 0 Å². The van der Waals surface area contributed by atoms with Crippen LogP contribution in [0.2, 0.25) is 0 Å². The lowest BCUT2D eigenvalue weighted by molar-refractivity contribution is -0.137. The fourth-order valence-corrected chi connectivity index (χ4v) is 4.28. The Morgan fingerprint density at radius 2 is 2.03 bits per heavy atom. The number of likely N-dealkylation sites (tertiary alicyclic amines) is 1. The number of benzene rings is 1. The highest BCUT2D eigenvalue weighted by molar-refractivity contribution is 5.80. The number of nitrogens with zero attached hydrogens (tertiary/aromatic N) is 2. The number of alkyl halides is 3. The largest absolute Gasteiger partial charge is 0.416 e. The first-order valence-corrected chi connectivity index (χ1v) is 10.3. The molecule has 0 radical (unpaired) electrons. The van der Waals surface area contributed by atoms with E-state index in [0.29, 0.717) is 12.6 Å². The predicted octanol–water partition coefficient (Wildman–Crippen LogP) is 3.94. The average molecular weight is 409 g/mol. The van der Waals surface area contributed by atoms with Crippen molar-refractivity contribution in [2.75, 3.05) is 33.2 Å². The molecule has 3 rings (SSSR count). The monoisotopic (exact) mass is 408 g/mol. The van der Waals surface area contributed by atoms with Crippen LogP contribution >= 0.6 is 0 Å². The van der Waals surface area contributed by atoms with E-state index >= 15 is 0 Å². The number of guanidine groups is 1. The van der Waals surface area contributed by atoms with Gasteiger partial charge in [-0.1, -0.05) is 30.7 Å². The standard InChI is InChI=1S/C22H31F3N4/c1-3-12-29-13-8-19(9-14-29)28-20(26-2)27-16-21(10-5-11-21)17-6-4-7-18(15-17)22(23,24)25/h3-4,6-7,15,19H,1,5,8-14,16H2,2H3,(H2,26,27,28). The zero-order valence-electron chi connectivity index (χ0n) is 17.1. The molecular formula is C22H31F3N4. The maximum atomic E-state index is 13.1. The predicted molar refractivity (Wildman–Crippen MR) is 111 cm³/mol. The van der Waals surface area contributed by atoms with Gasteiger partial charge >= 0.3 is 6.18 Å². The third kappa shape index (κ3) is 5.32. The lowest BCUT2D eigenvalue weighted by Gasteiger charge is -2.43. The topological polar surface area (TPSA) is 39.7 Å². The molecule has 2 fully saturated rings. The van der Waals surface area contributed by atoms with Crippen LogP contribution in [-0.4, -0.2) is 50.1 Å². The van der Waals surface area contributed by atoms with Gasteiger partial charge in [0.15, 0.2) is 5.96 Å². The molecule has 0 atom stereocenters. The molecule has 0 unspecified atom stereocenters. The quantitative estimate of drug-likeness (QED) is 0.426. The number of hydrogen-bond donors (Lipinski definition) is 2. The molecule has 4 nitrogen and oxygen atoms in total. The first-order chi connectivity index (χ1) is 13.9. The summed E-state index contributed by atoms with van der Waals surface area (Å²) >= 11 is 0. The number of hydrogen-bond acceptors (Lipinski definition) is 2. The Balaban J connectivity index is 1.59. The molecule has 0 spiro atoms. The Hall–Kier alpha value is -2.02. The molecule has 7 heteroatoms. The molecule has 0 bridgehead atoms. The van der Waals surface area contributed by atoms with Gasteiger partial charge in [-0.25, -0.2) is 0 Å². The Bertz CT molecular complexity index is 717. The van der Waals surface area contributed by atoms with E-state index in [0.717, 1.165) is 69.3 Å². The van der Waals surface area contributed by atoms with E-state index in [-0.39, 0.29) is 5.41 Å². The van der Waals surface area contributed by atoms with E-state index in [4.69, 9.17) is 0 Å². The fraction of sp³-hybridized carbons (Fsp3) is 0.591. The van der Waals surface area contributed by atoms with Crippen molar-refractivity contribution in [1.82, 2.24) is 15.5 Å². The zero-order chi connectivity index (χ0) is 20.9. The lowest BCUT2D eigenvalue weighted by Crippen LogP contribution is -2.52. The third-order valence-electron chi connectivity index (χ3n) is 6.25. The average Bonchev–Trinajstić information content (AvgIpc) is 2.67. The molecule has 160 valence electrons. The van der Waals surface area contributed by atoms with Crippen molar-refractivity contribution >= 4 is 5.96 Å². The molecule has 1 aromatic carbocycles. The van der Waals surface area contributed by atoms with Crippen LogP contribution in [-0.2, 0) is 11.6 Å². The number of halogens is 3. The van der Waals surface area contributed by atoms with Gasteiger partial charge in [0.25, 0.3) is 0 Å². The van der Waals surface area contributed by atoms with Crippen LogP contribution in [0.3, 0.4) is 0 Å². The summed E-state index contributed by atoms with van der Waals surface area (Å²) in [7, 11) is 1.74. The minimum Gasteiger partial charge on any atom is -0.356 e. The van der Waals surface area contributed by atoms with Gasteiger partial charge in [-0.05, 0) is 37.3 Å². The van der Waals surface area contributed by atoms with E-state index in [1.54, 1.807) is 7.05 Å². The molecule has 29 heavy (non-hydrogen) atoms. The molecule has 2 aliphatic rings. The second kappa shape index (κ2) is 9.20. The third-order valence-corrected chi connectivity index (χ3v) is 6.25. The van der Waals surface area contributed by atoms with Crippen molar-refractivity contribution in [2.45, 2.75) is 49.7 Å². The Morgan fingerprint density at radius 3 is 2.59 bits per heavy atom. The molecule has 1 saturated carbocycles. The smallest absolute Gasteiger partial charge is 0.356 e. The van der Waals surface area contributed by atoms with Crippen LogP contribution < -0.4 is 10.6 Å². The molecule has 1 aliphatic heterocycles. The van der Waals surface area contributed by atoms with Crippen LogP contribution in [0.4, 0.5) is 13.2 Å². The van der Waals surface area contributed by atoms with Gasteiger partial charge in [0.2, 0.25) is 0 Å². The normalized spacial score (nSPS) is 20.8. The summed E-state index contributed by atoms with van der Waals surface area (Å²) in [6.07, 6.45) is 2.50. The zero-order valence-corrected chi connectivity index (χ0v) is 17.1. The second-order valence-electron chi connectivity index (χ2n) is 8.15. The Labute approximate surface area is 171 Å². The Morgan fingerprint density at radius 1 is 1.31 bits per heavy atom. The maximum Gasteiger partial charge on any atom is 0.416 e. The summed E-state index contributed by atoms with van der Waals surface area (Å²) in [4.78, 5) is 6.71. The van der Waals surface area contributed by atoms with Crippen molar-refractivity contribution in [3.05, 3.63) is 48.0 Å². The van der Waals surface area contributed by atoms with Crippen molar-refractivity contribution < 1.29 is 13.2 Å². The molecule has 1 saturated heterocycles. The Kier molecular flexibility index (Phi) is 6.88. The van der Waals surface area contributed by atoms with Crippen LogP contribution in [0.5, 0.6) is 0 Å². The second-order valence-corrected chi connectivity index (χ2v) is 8.15. The molecule has 1 heterocycles. The fourth-order valence-electron chi connectivity index (χ4n) is 4.28. The summed E-state index contributed by atoms with van der Waals surface area (Å²) in [6, 6.07) is 6.15. The van der Waals surface area contributed by atoms with Crippen molar-refractivity contribution in [3.63, 3.8) is 0 Å². The summed E-state index contributed by atoms with van der Waals surface area (Å²) in [5, 5.41) is 6.86. The summed E-state index contributed by atoms with van der Waals surface area (Å²) in [5.41, 5.74) is -0.0685. The van der Waals surface area contributed by atoms with Crippen molar-refractivity contribution in [2.24, 2.45) is 4.99 Å². The highest BCUT2D eigenvalue weighted by atomic mass is 19.4. The molecule has 0 aromatic heterocycles. The summed E-state index contributed by atoms with van der Waals surface area (Å²) in [5.74, 6) is 0.727. The van der Waals surface area contributed by atoms with E-state index in [9.17, 15) is 13.2 Å². The lowest BCUT2D eigenvalue weighted by atomic mass is 9.64. The van der Waals surface area contributed by atoms with Crippen LogP contribution in [0, 0.1) is 0 Å². The van der Waals surface area contributed by atoms with Crippen LogP contribution in [0.25, 0.3) is 0 Å². The molecular weight excluding hydrogens is 377 g/mol. The minimum absolute atomic E-state index is 0.258. The van der Waals surface area contributed by atoms with Gasteiger partial charge in [0.05, 0.1) is 5.56 Å². The molecule has 1 aliphatic carbocycles. The maximum absolute atomic E-state index is 13.1. The summed E-state index contributed by atoms with van der Waals surface area (Å²) in [6.45, 7) is 7.34. The van der Waals surface area contributed by atoms with Gasteiger partial charge in [-0.3, -0.25) is 9.89 Å². The molecule has 2 N–H and O–H groups in total. The van der Waals surface area contributed by atoms with Gasteiger partial charge in [-0.15, -0.1) is 6.58 Å². The van der Waals surface area contributed by atoms with Gasteiger partial charge in [-0.2, -0.15) is 13.2 Å². The molecule has 1 aromatic rings. The first-order valence-electron chi connectivity index (χ1n) is 10.3. The van der Waals surface area contributed by atoms with E-state index < -0.39 is 11.7 Å². The number of piperidine rings is 1. The van der Waals surface area contributed by atoms with Gasteiger partial charge < -0.3 is 10.6 Å². The number of nitrogens with one attached hydrogen (secondary N) is 2. The highest BCUT2D eigenvalue weighted by Gasteiger charge is 2.40. The van der Waals surface area contributed by atoms with Gasteiger partial charge in [0, 0.05) is 44.7 Å². The highest BCUT2D eigenvalue weighted by Crippen LogP contribution is 2.44. The van der Waals surface area contributed by atoms with Crippen LogP contribution in [0.15, 0.2) is 41.9 Å². The minimum atomic E-state index is -4.31. The SMILES string of the molecule is C=CCN1CCC(NC(=NC)NCC2(c3cccc(C(F)(F)F)c3)CCC2)CC1. The van der Waals surface area contributed by atoms with Gasteiger partial charge in [0.1, 0.15) is 0 Å². The van der Waals surface area contributed by atoms with E-state index in [2.05, 4.69) is 27.1 Å². The first kappa shape index (κ1) is 21.7. The number of aliphatic imine (C=N–C) groups is 1.